The van der Waals surface area contributed by atoms with Gasteiger partial charge in [0.15, 0.2) is 0 Å². The van der Waals surface area contributed by atoms with Gasteiger partial charge in [-0.2, -0.15) is 0 Å². The maximum Gasteiger partial charge on any atom is 0.226 e. The molecule has 0 radical (unpaired) electrons. The first-order chi connectivity index (χ1) is 8.61. The first kappa shape index (κ1) is 13.7. The number of rotatable bonds is 3. The second kappa shape index (κ2) is 5.97. The molecule has 100 valence electrons. The highest BCUT2D eigenvalue weighted by atomic mass is 79.9. The summed E-state index contributed by atoms with van der Waals surface area (Å²) in [6.07, 6.45) is 0. The lowest BCUT2D eigenvalue weighted by molar-refractivity contribution is 0.0995. The van der Waals surface area contributed by atoms with Crippen LogP contribution in [0, 0.1) is 6.92 Å². The van der Waals surface area contributed by atoms with Crippen molar-refractivity contribution in [1.82, 2.24) is 9.97 Å². The molecule has 5 heteroatoms. The summed E-state index contributed by atoms with van der Waals surface area (Å²) in [5.41, 5.74) is 2.14. The van der Waals surface area contributed by atoms with Gasteiger partial charge < -0.3 is 9.64 Å². The quantitative estimate of drug-likeness (QED) is 0.804. The van der Waals surface area contributed by atoms with E-state index in [1.165, 1.54) is 0 Å². The Morgan fingerprint density at radius 1 is 1.50 bits per heavy atom. The van der Waals surface area contributed by atoms with Gasteiger partial charge in [-0.1, -0.05) is 29.8 Å². The Kier molecular flexibility index (Phi) is 4.56. The SMILES string of the molecule is Cc1cc(C(C)C)nc(N2CCOCC2CBr)n1. The minimum atomic E-state index is 0.320. The number of aromatic nitrogens is 2. The minimum Gasteiger partial charge on any atom is -0.377 e. The Hall–Kier alpha value is -0.680. The minimum absolute atomic E-state index is 0.320. The number of halogens is 1. The van der Waals surface area contributed by atoms with Crippen molar-refractivity contribution in [2.75, 3.05) is 30.0 Å². The number of aryl methyl sites for hydroxylation is 1. The molecular formula is C13H20BrN3O. The van der Waals surface area contributed by atoms with E-state index >= 15 is 0 Å². The normalized spacial score (nSPS) is 20.5. The molecule has 4 nitrogen and oxygen atoms in total. The molecule has 0 spiro atoms. The van der Waals surface area contributed by atoms with Crippen LogP contribution in [0.15, 0.2) is 6.07 Å². The van der Waals surface area contributed by atoms with E-state index in [0.717, 1.165) is 42.4 Å². The summed E-state index contributed by atoms with van der Waals surface area (Å²) in [7, 11) is 0. The molecular weight excluding hydrogens is 294 g/mol. The third kappa shape index (κ3) is 3.01. The molecule has 1 atom stereocenters. The zero-order valence-corrected chi connectivity index (χ0v) is 12.8. The van der Waals surface area contributed by atoms with E-state index in [9.17, 15) is 0 Å². The largest absolute Gasteiger partial charge is 0.377 e. The van der Waals surface area contributed by atoms with Gasteiger partial charge in [0.2, 0.25) is 5.95 Å². The van der Waals surface area contributed by atoms with Crippen LogP contribution in [0.4, 0.5) is 5.95 Å². The van der Waals surface area contributed by atoms with Crippen LogP contribution in [0.3, 0.4) is 0 Å². The van der Waals surface area contributed by atoms with Gasteiger partial charge in [-0.25, -0.2) is 9.97 Å². The van der Waals surface area contributed by atoms with Crippen LogP contribution in [0.5, 0.6) is 0 Å². The lowest BCUT2D eigenvalue weighted by Crippen LogP contribution is -2.47. The van der Waals surface area contributed by atoms with Crippen molar-refractivity contribution in [3.8, 4) is 0 Å². The van der Waals surface area contributed by atoms with Gasteiger partial charge in [0, 0.05) is 23.3 Å². The third-order valence-corrected chi connectivity index (χ3v) is 3.86. The van der Waals surface area contributed by atoms with Crippen molar-refractivity contribution in [3.63, 3.8) is 0 Å². The molecule has 0 amide bonds. The molecule has 0 N–H and O–H groups in total. The standard InChI is InChI=1S/C13H20BrN3O/c1-9(2)12-6-10(3)15-13(16-12)17-4-5-18-8-11(17)7-14/h6,9,11H,4-5,7-8H2,1-3H3. The predicted octanol–water partition coefficient (Wildman–Crippen LogP) is 2.51. The number of ether oxygens (including phenoxy) is 1. The zero-order valence-electron chi connectivity index (χ0n) is 11.2. The monoisotopic (exact) mass is 313 g/mol. The van der Waals surface area contributed by atoms with Gasteiger partial charge in [0.05, 0.1) is 19.3 Å². The van der Waals surface area contributed by atoms with Gasteiger partial charge in [0.1, 0.15) is 0 Å². The lowest BCUT2D eigenvalue weighted by Gasteiger charge is -2.35. The summed E-state index contributed by atoms with van der Waals surface area (Å²) < 4.78 is 5.51. The van der Waals surface area contributed by atoms with Gasteiger partial charge in [-0.3, -0.25) is 0 Å². The van der Waals surface area contributed by atoms with Crippen molar-refractivity contribution in [1.29, 1.82) is 0 Å². The van der Waals surface area contributed by atoms with Gasteiger partial charge in [-0.05, 0) is 18.9 Å². The summed E-state index contributed by atoms with van der Waals surface area (Å²) >= 11 is 3.54. The molecule has 1 aliphatic heterocycles. The fraction of sp³-hybridized carbons (Fsp3) is 0.692. The summed E-state index contributed by atoms with van der Waals surface area (Å²) in [6, 6.07) is 2.39. The van der Waals surface area contributed by atoms with Crippen LogP contribution < -0.4 is 4.90 Å². The third-order valence-electron chi connectivity index (χ3n) is 3.12. The van der Waals surface area contributed by atoms with Crippen LogP contribution in [0.1, 0.15) is 31.2 Å². The molecule has 1 fully saturated rings. The van der Waals surface area contributed by atoms with E-state index in [2.05, 4.69) is 45.7 Å². The van der Waals surface area contributed by atoms with Crippen molar-refractivity contribution in [2.24, 2.45) is 0 Å². The first-order valence-electron chi connectivity index (χ1n) is 6.37. The molecule has 1 aromatic heterocycles. The van der Waals surface area contributed by atoms with Crippen molar-refractivity contribution in [2.45, 2.75) is 32.7 Å². The average Bonchev–Trinajstić information content (AvgIpc) is 2.38. The zero-order chi connectivity index (χ0) is 13.1. The summed E-state index contributed by atoms with van der Waals surface area (Å²) in [4.78, 5) is 11.5. The van der Waals surface area contributed by atoms with E-state index in [0.29, 0.717) is 12.0 Å². The van der Waals surface area contributed by atoms with Crippen LogP contribution in [-0.4, -0.2) is 41.1 Å². The summed E-state index contributed by atoms with van der Waals surface area (Å²) in [5.74, 6) is 1.26. The van der Waals surface area contributed by atoms with Crippen LogP contribution in [-0.2, 0) is 4.74 Å². The van der Waals surface area contributed by atoms with Crippen molar-refractivity contribution < 1.29 is 4.74 Å². The van der Waals surface area contributed by atoms with Gasteiger partial charge in [-0.15, -0.1) is 0 Å². The molecule has 2 heterocycles. The number of morpholine rings is 1. The predicted molar refractivity (Wildman–Crippen MR) is 76.6 cm³/mol. The fourth-order valence-electron chi connectivity index (χ4n) is 2.05. The number of anilines is 1. The number of nitrogens with zero attached hydrogens (tertiary/aromatic N) is 3. The molecule has 1 aliphatic rings. The van der Waals surface area contributed by atoms with Gasteiger partial charge >= 0.3 is 0 Å². The van der Waals surface area contributed by atoms with Crippen molar-refractivity contribution >= 4 is 21.9 Å². The molecule has 0 aromatic carbocycles. The van der Waals surface area contributed by atoms with Crippen molar-refractivity contribution in [3.05, 3.63) is 17.5 Å². The smallest absolute Gasteiger partial charge is 0.226 e. The first-order valence-corrected chi connectivity index (χ1v) is 7.50. The Morgan fingerprint density at radius 3 is 2.94 bits per heavy atom. The Balaban J connectivity index is 2.30. The highest BCUT2D eigenvalue weighted by molar-refractivity contribution is 9.09. The Bertz CT molecular complexity index is 411. The molecule has 0 saturated carbocycles. The van der Waals surface area contributed by atoms with Crippen LogP contribution in [0.25, 0.3) is 0 Å². The molecule has 18 heavy (non-hydrogen) atoms. The lowest BCUT2D eigenvalue weighted by atomic mass is 10.1. The number of hydrogen-bond donors (Lipinski definition) is 0. The van der Waals surface area contributed by atoms with Crippen LogP contribution >= 0.6 is 15.9 Å². The maximum absolute atomic E-state index is 5.51. The summed E-state index contributed by atoms with van der Waals surface area (Å²) in [6.45, 7) is 8.69. The fourth-order valence-corrected chi connectivity index (χ4v) is 2.58. The van der Waals surface area contributed by atoms with E-state index < -0.39 is 0 Å². The van der Waals surface area contributed by atoms with E-state index in [-0.39, 0.29) is 0 Å². The molecule has 1 saturated heterocycles. The highest BCUT2D eigenvalue weighted by Gasteiger charge is 2.24. The Morgan fingerprint density at radius 2 is 2.28 bits per heavy atom. The Labute approximate surface area is 117 Å². The molecule has 2 rings (SSSR count). The molecule has 1 unspecified atom stereocenters. The average molecular weight is 314 g/mol. The topological polar surface area (TPSA) is 38.2 Å². The molecule has 0 aliphatic carbocycles. The number of hydrogen-bond acceptors (Lipinski definition) is 4. The summed E-state index contributed by atoms with van der Waals surface area (Å²) in [5, 5.41) is 0.876. The van der Waals surface area contributed by atoms with E-state index in [1.807, 2.05) is 6.92 Å². The molecule has 0 bridgehead atoms. The van der Waals surface area contributed by atoms with Gasteiger partial charge in [0.25, 0.3) is 0 Å². The van der Waals surface area contributed by atoms with Crippen LogP contribution in [0.2, 0.25) is 0 Å². The number of alkyl halides is 1. The second-order valence-corrected chi connectivity index (χ2v) is 5.61. The highest BCUT2D eigenvalue weighted by Crippen LogP contribution is 2.20. The second-order valence-electron chi connectivity index (χ2n) is 4.97. The van der Waals surface area contributed by atoms with E-state index in [1.54, 1.807) is 0 Å². The maximum atomic E-state index is 5.51. The molecule has 1 aromatic rings. The van der Waals surface area contributed by atoms with E-state index in [4.69, 9.17) is 9.72 Å².